The molecule has 0 aromatic heterocycles. The van der Waals surface area contributed by atoms with Crippen molar-refractivity contribution in [3.8, 4) is 11.5 Å². The Labute approximate surface area is 131 Å². The highest BCUT2D eigenvalue weighted by atomic mass is 16.5. The summed E-state index contributed by atoms with van der Waals surface area (Å²) in [5, 5.41) is 0. The summed E-state index contributed by atoms with van der Waals surface area (Å²) in [6.07, 6.45) is 5.24. The van der Waals surface area contributed by atoms with Gasteiger partial charge in [-0.05, 0) is 56.4 Å². The summed E-state index contributed by atoms with van der Waals surface area (Å²) in [5.41, 5.74) is 2.48. The summed E-state index contributed by atoms with van der Waals surface area (Å²) >= 11 is 0. The molecule has 1 aliphatic carbocycles. The Morgan fingerprint density at radius 1 is 1.00 bits per heavy atom. The minimum absolute atomic E-state index is 0.0148. The van der Waals surface area contributed by atoms with Crippen molar-refractivity contribution in [2.75, 3.05) is 0 Å². The highest BCUT2D eigenvalue weighted by Gasteiger charge is 2.25. The van der Waals surface area contributed by atoms with E-state index in [0.717, 1.165) is 42.4 Å². The highest BCUT2D eigenvalue weighted by Crippen LogP contribution is 2.34. The van der Waals surface area contributed by atoms with E-state index >= 15 is 0 Å². The molecule has 0 heterocycles. The van der Waals surface area contributed by atoms with E-state index in [1.54, 1.807) is 6.07 Å². The molecule has 0 bridgehead atoms. The van der Waals surface area contributed by atoms with Crippen LogP contribution in [0.1, 0.15) is 55.7 Å². The third-order valence-corrected chi connectivity index (χ3v) is 4.37. The number of hydrogen-bond acceptors (Lipinski definition) is 4. The molecule has 120 valence electrons. The molecular weight excluding hydrogens is 280 g/mol. The third-order valence-electron chi connectivity index (χ3n) is 4.37. The maximum Gasteiger partial charge on any atom is 0.314 e. The Hall–Kier alpha value is -1.84. The highest BCUT2D eigenvalue weighted by molar-refractivity contribution is 5.77. The number of ether oxygens (including phenoxy) is 2. The molecule has 1 aromatic carbocycles. The summed E-state index contributed by atoms with van der Waals surface area (Å²) in [7, 11) is 0. The Kier molecular flexibility index (Phi) is 5.22. The molecule has 2 rings (SSSR count). The molecule has 22 heavy (non-hydrogen) atoms. The molecule has 0 N–H and O–H groups in total. The first-order valence-electron chi connectivity index (χ1n) is 7.91. The molecule has 0 spiro atoms. The standard InChI is InChI=1S/C18H24O4/c1-11-10-16(21-14(4)19)12(2)13(3)17(11)22-18(20)15-8-6-5-7-9-15/h10,15H,5-9H2,1-4H3. The number of carbonyl (C=O) groups excluding carboxylic acids is 2. The minimum Gasteiger partial charge on any atom is -0.426 e. The number of esters is 2. The van der Waals surface area contributed by atoms with Gasteiger partial charge < -0.3 is 9.47 Å². The molecule has 1 fully saturated rings. The maximum absolute atomic E-state index is 12.3. The average molecular weight is 304 g/mol. The van der Waals surface area contributed by atoms with Gasteiger partial charge in [-0.1, -0.05) is 19.3 Å². The summed E-state index contributed by atoms with van der Waals surface area (Å²) in [6.45, 7) is 6.99. The number of carbonyl (C=O) groups is 2. The second-order valence-corrected chi connectivity index (χ2v) is 6.12. The molecule has 4 heteroatoms. The zero-order valence-corrected chi connectivity index (χ0v) is 13.8. The number of aryl methyl sites for hydroxylation is 1. The van der Waals surface area contributed by atoms with E-state index in [1.165, 1.54) is 13.3 Å². The first-order valence-corrected chi connectivity index (χ1v) is 7.91. The van der Waals surface area contributed by atoms with Gasteiger partial charge in [-0.2, -0.15) is 0 Å². The van der Waals surface area contributed by atoms with Crippen molar-refractivity contribution in [3.63, 3.8) is 0 Å². The van der Waals surface area contributed by atoms with Crippen LogP contribution in [0.3, 0.4) is 0 Å². The van der Waals surface area contributed by atoms with Crippen LogP contribution in [0.25, 0.3) is 0 Å². The summed E-state index contributed by atoms with van der Waals surface area (Å²) in [6, 6.07) is 1.76. The van der Waals surface area contributed by atoms with Gasteiger partial charge in [-0.3, -0.25) is 9.59 Å². The van der Waals surface area contributed by atoms with Crippen molar-refractivity contribution in [1.29, 1.82) is 0 Å². The molecule has 0 atom stereocenters. The van der Waals surface area contributed by atoms with Crippen LogP contribution in [0, 0.1) is 26.7 Å². The summed E-state index contributed by atoms with van der Waals surface area (Å²) < 4.78 is 10.9. The fourth-order valence-electron chi connectivity index (χ4n) is 2.96. The van der Waals surface area contributed by atoms with Crippen molar-refractivity contribution in [2.24, 2.45) is 5.92 Å². The smallest absolute Gasteiger partial charge is 0.314 e. The van der Waals surface area contributed by atoms with Crippen LogP contribution in [0.5, 0.6) is 11.5 Å². The van der Waals surface area contributed by atoms with Gasteiger partial charge in [0.15, 0.2) is 0 Å². The van der Waals surface area contributed by atoms with Gasteiger partial charge >= 0.3 is 11.9 Å². The number of benzene rings is 1. The summed E-state index contributed by atoms with van der Waals surface area (Å²) in [5.74, 6) is 0.657. The zero-order chi connectivity index (χ0) is 16.3. The second kappa shape index (κ2) is 6.95. The van der Waals surface area contributed by atoms with E-state index in [1.807, 2.05) is 20.8 Å². The largest absolute Gasteiger partial charge is 0.426 e. The van der Waals surface area contributed by atoms with Gasteiger partial charge in [0.1, 0.15) is 11.5 Å². The number of hydrogen-bond donors (Lipinski definition) is 0. The van der Waals surface area contributed by atoms with Crippen LogP contribution < -0.4 is 9.47 Å². The van der Waals surface area contributed by atoms with Gasteiger partial charge in [-0.15, -0.1) is 0 Å². The van der Waals surface area contributed by atoms with Crippen molar-refractivity contribution < 1.29 is 19.1 Å². The van der Waals surface area contributed by atoms with Crippen LogP contribution in [0.4, 0.5) is 0 Å². The first kappa shape index (κ1) is 16.5. The molecule has 1 aromatic rings. The Morgan fingerprint density at radius 2 is 1.64 bits per heavy atom. The van der Waals surface area contributed by atoms with Crippen LogP contribution in [-0.2, 0) is 9.59 Å². The Bertz CT molecular complexity index is 583. The lowest BCUT2D eigenvalue weighted by Gasteiger charge is -2.22. The van der Waals surface area contributed by atoms with Crippen LogP contribution in [0.2, 0.25) is 0 Å². The third kappa shape index (κ3) is 3.67. The lowest BCUT2D eigenvalue weighted by molar-refractivity contribution is -0.140. The lowest BCUT2D eigenvalue weighted by Crippen LogP contribution is -2.23. The van der Waals surface area contributed by atoms with E-state index in [0.29, 0.717) is 11.5 Å². The SMILES string of the molecule is CC(=O)Oc1cc(C)c(OC(=O)C2CCCCC2)c(C)c1C. The van der Waals surface area contributed by atoms with Crippen LogP contribution >= 0.6 is 0 Å². The molecule has 4 nitrogen and oxygen atoms in total. The Balaban J connectivity index is 2.22. The molecule has 0 radical (unpaired) electrons. The van der Waals surface area contributed by atoms with E-state index in [-0.39, 0.29) is 17.9 Å². The van der Waals surface area contributed by atoms with Gasteiger partial charge in [0.05, 0.1) is 5.92 Å². The summed E-state index contributed by atoms with van der Waals surface area (Å²) in [4.78, 5) is 23.5. The normalized spacial score (nSPS) is 15.5. The molecule has 1 saturated carbocycles. The van der Waals surface area contributed by atoms with Crippen molar-refractivity contribution in [2.45, 2.75) is 59.8 Å². The maximum atomic E-state index is 12.3. The predicted octanol–water partition coefficient (Wildman–Crippen LogP) is 4.02. The minimum atomic E-state index is -0.353. The van der Waals surface area contributed by atoms with E-state index in [2.05, 4.69) is 0 Å². The molecule has 1 aliphatic rings. The molecular formula is C18H24O4. The first-order chi connectivity index (χ1) is 10.4. The van der Waals surface area contributed by atoms with Gasteiger partial charge in [0.2, 0.25) is 0 Å². The van der Waals surface area contributed by atoms with Gasteiger partial charge in [0, 0.05) is 6.92 Å². The zero-order valence-electron chi connectivity index (χ0n) is 13.8. The van der Waals surface area contributed by atoms with E-state index in [4.69, 9.17) is 9.47 Å². The van der Waals surface area contributed by atoms with Gasteiger partial charge in [-0.25, -0.2) is 0 Å². The second-order valence-electron chi connectivity index (χ2n) is 6.12. The quantitative estimate of drug-likeness (QED) is 0.625. The van der Waals surface area contributed by atoms with Crippen molar-refractivity contribution in [1.82, 2.24) is 0 Å². The molecule has 0 amide bonds. The van der Waals surface area contributed by atoms with Crippen LogP contribution in [0.15, 0.2) is 6.07 Å². The number of rotatable bonds is 3. The van der Waals surface area contributed by atoms with Crippen molar-refractivity contribution in [3.05, 3.63) is 22.8 Å². The fourth-order valence-corrected chi connectivity index (χ4v) is 2.96. The molecule has 0 saturated heterocycles. The van der Waals surface area contributed by atoms with E-state index in [9.17, 15) is 9.59 Å². The lowest BCUT2D eigenvalue weighted by atomic mass is 9.89. The Morgan fingerprint density at radius 3 is 2.23 bits per heavy atom. The predicted molar refractivity (Wildman–Crippen MR) is 84.2 cm³/mol. The van der Waals surface area contributed by atoms with Crippen molar-refractivity contribution >= 4 is 11.9 Å². The molecule has 0 unspecified atom stereocenters. The molecule has 0 aliphatic heterocycles. The fraction of sp³-hybridized carbons (Fsp3) is 0.556. The van der Waals surface area contributed by atoms with E-state index < -0.39 is 0 Å². The topological polar surface area (TPSA) is 52.6 Å². The van der Waals surface area contributed by atoms with Crippen LogP contribution in [-0.4, -0.2) is 11.9 Å². The van der Waals surface area contributed by atoms with Gasteiger partial charge in [0.25, 0.3) is 0 Å². The monoisotopic (exact) mass is 304 g/mol. The average Bonchev–Trinajstić information content (AvgIpc) is 2.49.